The topological polar surface area (TPSA) is 76.5 Å². The van der Waals surface area contributed by atoms with E-state index in [0.29, 0.717) is 5.56 Å². The van der Waals surface area contributed by atoms with Crippen molar-refractivity contribution in [3.05, 3.63) is 23.0 Å². The highest BCUT2D eigenvalue weighted by Crippen LogP contribution is 2.30. The number of carbonyl (C=O) groups is 1. The molecule has 0 aromatic carbocycles. The Hall–Kier alpha value is -2.11. The number of rotatable bonds is 3. The van der Waals surface area contributed by atoms with Crippen LogP contribution in [-0.2, 0) is 0 Å². The molecule has 2 aromatic heterocycles. The number of nitrogens with two attached hydrogens (primary N) is 1. The lowest BCUT2D eigenvalue weighted by Crippen LogP contribution is -2.31. The molecule has 22 heavy (non-hydrogen) atoms. The smallest absolute Gasteiger partial charge is 0.250 e. The Balaban J connectivity index is 2.22. The minimum atomic E-state index is -0.445. The van der Waals surface area contributed by atoms with E-state index in [1.807, 2.05) is 25.3 Å². The van der Waals surface area contributed by atoms with Crippen LogP contribution in [0.25, 0.3) is 5.65 Å². The Morgan fingerprint density at radius 2 is 1.95 bits per heavy atom. The molecular formula is C16H23N5O. The zero-order valence-electron chi connectivity index (χ0n) is 13.5. The molecule has 0 atom stereocenters. The molecule has 3 heterocycles. The molecule has 0 spiro atoms. The quantitative estimate of drug-likeness (QED) is 0.943. The molecule has 6 heteroatoms. The highest BCUT2D eigenvalue weighted by Gasteiger charge is 2.24. The van der Waals surface area contributed by atoms with E-state index in [4.69, 9.17) is 10.7 Å². The van der Waals surface area contributed by atoms with Crippen LogP contribution in [0, 0.1) is 6.92 Å². The van der Waals surface area contributed by atoms with Gasteiger partial charge in [-0.15, -0.1) is 0 Å². The van der Waals surface area contributed by atoms with Crippen LogP contribution in [0.2, 0.25) is 0 Å². The average Bonchev–Trinajstić information content (AvgIpc) is 2.82. The molecule has 0 saturated carbocycles. The molecule has 0 aliphatic carbocycles. The van der Waals surface area contributed by atoms with E-state index in [1.165, 1.54) is 19.3 Å². The summed E-state index contributed by atoms with van der Waals surface area (Å²) in [5.41, 5.74) is 8.57. The van der Waals surface area contributed by atoms with Crippen LogP contribution < -0.4 is 10.6 Å². The fourth-order valence-electron chi connectivity index (χ4n) is 3.33. The second-order valence-electron chi connectivity index (χ2n) is 6.29. The Kier molecular flexibility index (Phi) is 3.76. The summed E-state index contributed by atoms with van der Waals surface area (Å²) in [7, 11) is 0. The minimum Gasteiger partial charge on any atom is -0.366 e. The molecule has 3 rings (SSSR count). The van der Waals surface area contributed by atoms with E-state index < -0.39 is 5.91 Å². The Morgan fingerprint density at radius 1 is 1.27 bits per heavy atom. The molecule has 118 valence electrons. The molecule has 0 radical (unpaired) electrons. The third kappa shape index (κ3) is 2.32. The maximum absolute atomic E-state index is 11.7. The summed E-state index contributed by atoms with van der Waals surface area (Å²) >= 11 is 0. The molecule has 2 aromatic rings. The van der Waals surface area contributed by atoms with Gasteiger partial charge in [0.15, 0.2) is 11.5 Å². The zero-order valence-corrected chi connectivity index (χ0v) is 13.5. The average molecular weight is 301 g/mol. The number of piperidine rings is 1. The molecule has 0 bridgehead atoms. The number of fused-ring (bicyclic) bond motifs is 1. The summed E-state index contributed by atoms with van der Waals surface area (Å²) in [6.07, 6.45) is 5.26. The summed E-state index contributed by atoms with van der Waals surface area (Å²) in [5.74, 6) is 0.760. The molecule has 6 nitrogen and oxygen atoms in total. The predicted molar refractivity (Wildman–Crippen MR) is 86.4 cm³/mol. The van der Waals surface area contributed by atoms with Crippen LogP contribution in [0.15, 0.2) is 6.20 Å². The summed E-state index contributed by atoms with van der Waals surface area (Å²) < 4.78 is 1.88. The van der Waals surface area contributed by atoms with E-state index in [0.717, 1.165) is 35.8 Å². The van der Waals surface area contributed by atoms with Crippen molar-refractivity contribution in [1.29, 1.82) is 0 Å². The van der Waals surface area contributed by atoms with Gasteiger partial charge in [0, 0.05) is 18.7 Å². The maximum Gasteiger partial charge on any atom is 0.250 e. The van der Waals surface area contributed by atoms with Gasteiger partial charge in [0.05, 0.1) is 17.5 Å². The summed E-state index contributed by atoms with van der Waals surface area (Å²) in [6, 6.07) is 0. The highest BCUT2D eigenvalue weighted by atomic mass is 16.1. The number of aryl methyl sites for hydroxylation is 1. The number of imidazole rings is 1. The first-order valence-corrected chi connectivity index (χ1v) is 7.93. The van der Waals surface area contributed by atoms with E-state index >= 15 is 0 Å². The normalized spacial score (nSPS) is 15.7. The molecule has 1 amide bonds. The van der Waals surface area contributed by atoms with Gasteiger partial charge in [-0.1, -0.05) is 13.8 Å². The molecule has 1 aliphatic heterocycles. The second kappa shape index (κ2) is 5.59. The van der Waals surface area contributed by atoms with Crippen molar-refractivity contribution in [3.63, 3.8) is 0 Å². The Labute approximate surface area is 130 Å². The molecule has 1 fully saturated rings. The first-order chi connectivity index (χ1) is 10.5. The van der Waals surface area contributed by atoms with Crippen molar-refractivity contribution in [2.75, 3.05) is 18.0 Å². The monoisotopic (exact) mass is 301 g/mol. The Morgan fingerprint density at radius 3 is 2.55 bits per heavy atom. The zero-order chi connectivity index (χ0) is 15.9. The molecule has 2 N–H and O–H groups in total. The van der Waals surface area contributed by atoms with Crippen LogP contribution >= 0.6 is 0 Å². The van der Waals surface area contributed by atoms with Gasteiger partial charge in [-0.2, -0.15) is 9.61 Å². The fraction of sp³-hybridized carbons (Fsp3) is 0.562. The summed E-state index contributed by atoms with van der Waals surface area (Å²) in [4.78, 5) is 18.7. The van der Waals surface area contributed by atoms with Crippen LogP contribution in [-0.4, -0.2) is 33.6 Å². The maximum atomic E-state index is 11.7. The number of hydrogen-bond acceptors (Lipinski definition) is 4. The van der Waals surface area contributed by atoms with Gasteiger partial charge in [0.1, 0.15) is 0 Å². The highest BCUT2D eigenvalue weighted by molar-refractivity contribution is 5.95. The van der Waals surface area contributed by atoms with Crippen LogP contribution in [0.1, 0.15) is 60.6 Å². The third-order valence-electron chi connectivity index (χ3n) is 4.33. The van der Waals surface area contributed by atoms with Gasteiger partial charge in [-0.05, 0) is 32.1 Å². The SMILES string of the molecule is Cc1nc2c(C(C)C)c(C(N)=O)cnn2c1N1CCCCC1. The van der Waals surface area contributed by atoms with Crippen molar-refractivity contribution in [2.24, 2.45) is 5.73 Å². The standard InChI is InChI=1S/C16H23N5O/c1-10(2)13-12(14(17)22)9-18-21-15(13)19-11(3)16(21)20-7-5-4-6-8-20/h9-10H,4-8H2,1-3H3,(H2,17,22). The number of primary amides is 1. The minimum absolute atomic E-state index is 0.156. The van der Waals surface area contributed by atoms with Crippen molar-refractivity contribution >= 4 is 17.4 Å². The van der Waals surface area contributed by atoms with Gasteiger partial charge >= 0.3 is 0 Å². The summed E-state index contributed by atoms with van der Waals surface area (Å²) in [6.45, 7) is 8.17. The first kappa shape index (κ1) is 14.8. The molecule has 0 unspecified atom stereocenters. The molecular weight excluding hydrogens is 278 g/mol. The second-order valence-corrected chi connectivity index (χ2v) is 6.29. The third-order valence-corrected chi connectivity index (χ3v) is 4.33. The summed E-state index contributed by atoms with van der Waals surface area (Å²) in [5, 5.41) is 4.45. The lowest BCUT2D eigenvalue weighted by Gasteiger charge is -2.28. The molecule has 1 aliphatic rings. The Bertz CT molecular complexity index is 713. The van der Waals surface area contributed by atoms with Crippen molar-refractivity contribution in [2.45, 2.75) is 46.0 Å². The van der Waals surface area contributed by atoms with Crippen molar-refractivity contribution < 1.29 is 4.79 Å². The van der Waals surface area contributed by atoms with Gasteiger partial charge in [0.2, 0.25) is 0 Å². The number of hydrogen-bond donors (Lipinski definition) is 1. The number of carbonyl (C=O) groups excluding carboxylic acids is 1. The van der Waals surface area contributed by atoms with Gasteiger partial charge < -0.3 is 10.6 Å². The van der Waals surface area contributed by atoms with Gasteiger partial charge in [-0.25, -0.2) is 4.98 Å². The van der Waals surface area contributed by atoms with Crippen LogP contribution in [0.5, 0.6) is 0 Å². The van der Waals surface area contributed by atoms with E-state index in [1.54, 1.807) is 6.20 Å². The number of nitrogens with zero attached hydrogens (tertiary/aromatic N) is 4. The molecule has 1 saturated heterocycles. The number of amides is 1. The van der Waals surface area contributed by atoms with Crippen LogP contribution in [0.3, 0.4) is 0 Å². The van der Waals surface area contributed by atoms with E-state index in [2.05, 4.69) is 10.00 Å². The van der Waals surface area contributed by atoms with Crippen molar-refractivity contribution in [1.82, 2.24) is 14.6 Å². The lowest BCUT2D eigenvalue weighted by atomic mass is 9.99. The lowest BCUT2D eigenvalue weighted by molar-refractivity contribution is 0.0998. The van der Waals surface area contributed by atoms with Gasteiger partial charge in [0.25, 0.3) is 5.91 Å². The number of anilines is 1. The van der Waals surface area contributed by atoms with E-state index in [9.17, 15) is 4.79 Å². The number of aromatic nitrogens is 3. The first-order valence-electron chi connectivity index (χ1n) is 7.93. The van der Waals surface area contributed by atoms with Crippen LogP contribution in [0.4, 0.5) is 5.82 Å². The van der Waals surface area contributed by atoms with Crippen molar-refractivity contribution in [3.8, 4) is 0 Å². The van der Waals surface area contributed by atoms with Gasteiger partial charge in [-0.3, -0.25) is 4.79 Å². The largest absolute Gasteiger partial charge is 0.366 e. The predicted octanol–water partition coefficient (Wildman–Crippen LogP) is 2.25. The fourth-order valence-corrected chi connectivity index (χ4v) is 3.33. The van der Waals surface area contributed by atoms with E-state index in [-0.39, 0.29) is 5.92 Å².